The summed E-state index contributed by atoms with van der Waals surface area (Å²) in [6.07, 6.45) is 1.82. The van der Waals surface area contributed by atoms with Gasteiger partial charge in [0.05, 0.1) is 36.7 Å². The van der Waals surface area contributed by atoms with Gasteiger partial charge >= 0.3 is 0 Å². The van der Waals surface area contributed by atoms with Gasteiger partial charge in [-0.15, -0.1) is 0 Å². The second-order valence-corrected chi connectivity index (χ2v) is 6.96. The molecule has 1 N–H and O–H groups in total. The second kappa shape index (κ2) is 5.26. The first-order valence-electron chi connectivity index (χ1n) is 6.78. The molecular formula is C14H19BrN2O3. The highest BCUT2D eigenvalue weighted by Gasteiger charge is 2.44. The van der Waals surface area contributed by atoms with Gasteiger partial charge in [0.15, 0.2) is 0 Å². The molecule has 0 amide bonds. The lowest BCUT2D eigenvalue weighted by atomic mass is 10.0. The number of hydrogen-bond donors (Lipinski definition) is 1. The lowest BCUT2D eigenvalue weighted by molar-refractivity contribution is -0.151. The van der Waals surface area contributed by atoms with E-state index in [1.54, 1.807) is 12.3 Å². The fourth-order valence-corrected chi connectivity index (χ4v) is 3.29. The SMILES string of the molecule is CC1(C)CN(Cc2ncc(Br)cc2O)[C@@H]2COC[C@H]2O1. The summed E-state index contributed by atoms with van der Waals surface area (Å²) in [5, 5.41) is 10.0. The Morgan fingerprint density at radius 1 is 1.50 bits per heavy atom. The fraction of sp³-hybridized carbons (Fsp3) is 0.643. The van der Waals surface area contributed by atoms with Crippen molar-refractivity contribution in [2.75, 3.05) is 19.8 Å². The highest BCUT2D eigenvalue weighted by Crippen LogP contribution is 2.31. The Hall–Kier alpha value is -0.690. The molecule has 3 rings (SSSR count). The molecule has 6 heteroatoms. The molecule has 0 aliphatic carbocycles. The first-order chi connectivity index (χ1) is 9.44. The summed E-state index contributed by atoms with van der Waals surface area (Å²) in [6, 6.07) is 1.92. The number of pyridine rings is 1. The molecule has 110 valence electrons. The monoisotopic (exact) mass is 342 g/mol. The molecule has 0 spiro atoms. The molecule has 0 saturated carbocycles. The van der Waals surface area contributed by atoms with E-state index in [0.717, 1.165) is 11.0 Å². The van der Waals surface area contributed by atoms with Crippen LogP contribution in [-0.2, 0) is 16.0 Å². The molecule has 2 atom stereocenters. The number of nitrogens with zero attached hydrogens (tertiary/aromatic N) is 2. The number of hydrogen-bond acceptors (Lipinski definition) is 5. The normalized spacial score (nSPS) is 29.4. The van der Waals surface area contributed by atoms with E-state index >= 15 is 0 Å². The molecule has 2 fully saturated rings. The van der Waals surface area contributed by atoms with Crippen LogP contribution in [0, 0.1) is 0 Å². The van der Waals surface area contributed by atoms with Crippen LogP contribution in [0.4, 0.5) is 0 Å². The van der Waals surface area contributed by atoms with Gasteiger partial charge in [-0.05, 0) is 35.8 Å². The quantitative estimate of drug-likeness (QED) is 0.889. The first-order valence-corrected chi connectivity index (χ1v) is 7.57. The molecule has 5 nitrogen and oxygen atoms in total. The van der Waals surface area contributed by atoms with E-state index < -0.39 is 0 Å². The molecule has 0 radical (unpaired) electrons. The minimum Gasteiger partial charge on any atom is -0.506 e. The average Bonchev–Trinajstić information content (AvgIpc) is 2.79. The Balaban J connectivity index is 1.81. The summed E-state index contributed by atoms with van der Waals surface area (Å²) < 4.78 is 12.4. The Morgan fingerprint density at radius 3 is 3.05 bits per heavy atom. The van der Waals surface area contributed by atoms with Crippen LogP contribution in [0.3, 0.4) is 0 Å². The lowest BCUT2D eigenvalue weighted by Gasteiger charge is -2.45. The van der Waals surface area contributed by atoms with Crippen molar-refractivity contribution >= 4 is 15.9 Å². The number of morpholine rings is 1. The van der Waals surface area contributed by atoms with Crippen molar-refractivity contribution in [1.29, 1.82) is 0 Å². The highest BCUT2D eigenvalue weighted by atomic mass is 79.9. The van der Waals surface area contributed by atoms with Crippen LogP contribution in [0.15, 0.2) is 16.7 Å². The fourth-order valence-electron chi connectivity index (χ4n) is 2.97. The predicted molar refractivity (Wildman–Crippen MR) is 77.6 cm³/mol. The van der Waals surface area contributed by atoms with Crippen LogP contribution in [0.5, 0.6) is 5.75 Å². The molecule has 0 bridgehead atoms. The van der Waals surface area contributed by atoms with Crippen LogP contribution >= 0.6 is 15.9 Å². The maximum absolute atomic E-state index is 10.0. The molecule has 2 aliphatic rings. The number of aromatic nitrogens is 1. The minimum absolute atomic E-state index is 0.108. The topological polar surface area (TPSA) is 54.8 Å². The van der Waals surface area contributed by atoms with Gasteiger partial charge in [0, 0.05) is 23.8 Å². The van der Waals surface area contributed by atoms with E-state index in [4.69, 9.17) is 9.47 Å². The molecule has 0 unspecified atom stereocenters. The number of fused-ring (bicyclic) bond motifs is 1. The molecular weight excluding hydrogens is 324 g/mol. The van der Waals surface area contributed by atoms with E-state index in [1.165, 1.54) is 0 Å². The Labute approximate surface area is 127 Å². The predicted octanol–water partition coefficient (Wildman–Crippen LogP) is 1.93. The third-order valence-electron chi connectivity index (χ3n) is 3.79. The van der Waals surface area contributed by atoms with Crippen LogP contribution in [-0.4, -0.2) is 52.5 Å². The molecule has 2 saturated heterocycles. The summed E-state index contributed by atoms with van der Waals surface area (Å²) in [5.41, 5.74) is 0.483. The third-order valence-corrected chi connectivity index (χ3v) is 4.22. The second-order valence-electron chi connectivity index (χ2n) is 6.05. The highest BCUT2D eigenvalue weighted by molar-refractivity contribution is 9.10. The molecule has 20 heavy (non-hydrogen) atoms. The van der Waals surface area contributed by atoms with Gasteiger partial charge in [-0.2, -0.15) is 0 Å². The van der Waals surface area contributed by atoms with E-state index in [-0.39, 0.29) is 23.5 Å². The minimum atomic E-state index is -0.208. The lowest BCUT2D eigenvalue weighted by Crippen LogP contribution is -2.57. The first kappa shape index (κ1) is 14.3. The van der Waals surface area contributed by atoms with Crippen molar-refractivity contribution in [3.05, 3.63) is 22.4 Å². The smallest absolute Gasteiger partial charge is 0.139 e. The van der Waals surface area contributed by atoms with Gasteiger partial charge in [0.1, 0.15) is 5.75 Å². The van der Waals surface area contributed by atoms with Crippen molar-refractivity contribution in [3.8, 4) is 5.75 Å². The van der Waals surface area contributed by atoms with Gasteiger partial charge in [-0.1, -0.05) is 0 Å². The molecule has 3 heterocycles. The van der Waals surface area contributed by atoms with Crippen molar-refractivity contribution in [1.82, 2.24) is 9.88 Å². The van der Waals surface area contributed by atoms with Gasteiger partial charge < -0.3 is 14.6 Å². The van der Waals surface area contributed by atoms with E-state index in [9.17, 15) is 5.11 Å². The molecule has 1 aromatic heterocycles. The maximum Gasteiger partial charge on any atom is 0.139 e. The zero-order chi connectivity index (χ0) is 14.3. The van der Waals surface area contributed by atoms with Gasteiger partial charge in [0.2, 0.25) is 0 Å². The van der Waals surface area contributed by atoms with Crippen LogP contribution in [0.2, 0.25) is 0 Å². The summed E-state index contributed by atoms with van der Waals surface area (Å²) in [5.74, 6) is 0.221. The summed E-state index contributed by atoms with van der Waals surface area (Å²) in [4.78, 5) is 6.62. The molecule has 1 aromatic rings. The zero-order valence-electron chi connectivity index (χ0n) is 11.7. The summed E-state index contributed by atoms with van der Waals surface area (Å²) >= 11 is 3.31. The van der Waals surface area contributed by atoms with E-state index in [1.807, 2.05) is 0 Å². The molecule has 0 aromatic carbocycles. The van der Waals surface area contributed by atoms with Crippen LogP contribution in [0.25, 0.3) is 0 Å². The zero-order valence-corrected chi connectivity index (χ0v) is 13.3. The van der Waals surface area contributed by atoms with Crippen molar-refractivity contribution < 1.29 is 14.6 Å². The number of aromatic hydroxyl groups is 1. The summed E-state index contributed by atoms with van der Waals surface area (Å²) in [6.45, 7) is 6.90. The Bertz CT molecular complexity index is 509. The molecule has 2 aliphatic heterocycles. The Morgan fingerprint density at radius 2 is 2.30 bits per heavy atom. The number of ether oxygens (including phenoxy) is 2. The number of halogens is 1. The van der Waals surface area contributed by atoms with Gasteiger partial charge in [-0.25, -0.2) is 0 Å². The van der Waals surface area contributed by atoms with Crippen LogP contribution in [0.1, 0.15) is 19.5 Å². The number of rotatable bonds is 2. The van der Waals surface area contributed by atoms with E-state index in [2.05, 4.69) is 39.7 Å². The van der Waals surface area contributed by atoms with Crippen molar-refractivity contribution in [2.45, 2.75) is 38.1 Å². The third kappa shape index (κ3) is 2.83. The van der Waals surface area contributed by atoms with Crippen molar-refractivity contribution in [3.63, 3.8) is 0 Å². The van der Waals surface area contributed by atoms with Gasteiger partial charge in [0.25, 0.3) is 0 Å². The average molecular weight is 343 g/mol. The maximum atomic E-state index is 10.0. The van der Waals surface area contributed by atoms with Crippen LogP contribution < -0.4 is 0 Å². The van der Waals surface area contributed by atoms with Crippen molar-refractivity contribution in [2.24, 2.45) is 0 Å². The largest absolute Gasteiger partial charge is 0.506 e. The van der Waals surface area contributed by atoms with Gasteiger partial charge in [-0.3, -0.25) is 9.88 Å². The standard InChI is InChI=1S/C14H19BrN2O3/c1-14(2)8-17(11-6-19-7-13(11)20-14)5-10-12(18)3-9(15)4-16-10/h3-4,11,13,18H,5-8H2,1-2H3/t11-,13-/m1/s1. The van der Waals surface area contributed by atoms with E-state index in [0.29, 0.717) is 25.5 Å². The summed E-state index contributed by atoms with van der Waals surface area (Å²) in [7, 11) is 0. The Kier molecular flexibility index (Phi) is 3.75.